The summed E-state index contributed by atoms with van der Waals surface area (Å²) in [5.41, 5.74) is 1.72. The van der Waals surface area contributed by atoms with E-state index in [1.807, 2.05) is 30.3 Å². The van der Waals surface area contributed by atoms with Gasteiger partial charge in [0.1, 0.15) is 18.2 Å². The summed E-state index contributed by atoms with van der Waals surface area (Å²) >= 11 is 3.40. The van der Waals surface area contributed by atoms with Crippen LogP contribution in [0.2, 0.25) is 0 Å². The molecule has 3 rings (SSSR count). The summed E-state index contributed by atoms with van der Waals surface area (Å²) in [6.45, 7) is 1.88. The van der Waals surface area contributed by atoms with E-state index in [1.165, 1.54) is 12.1 Å². The van der Waals surface area contributed by atoms with Crippen molar-refractivity contribution < 1.29 is 13.9 Å². The minimum atomic E-state index is -0.346. The standard InChI is InChI=1S/C20H18BrFO2/c21-19-12-17(22)13-20(24-14-16-4-2-1-3-5-16)18(19)7-6-15-8-10-23-11-9-15/h1-5,12-13,15H,8-11,14H2. The minimum absolute atomic E-state index is 0.317. The molecule has 0 saturated carbocycles. The molecule has 0 amide bonds. The molecule has 4 heteroatoms. The first kappa shape index (κ1) is 17.0. The predicted octanol–water partition coefficient (Wildman–Crippen LogP) is 4.95. The maximum absolute atomic E-state index is 13.8. The third-order valence-corrected chi connectivity index (χ3v) is 4.50. The smallest absolute Gasteiger partial charge is 0.139 e. The van der Waals surface area contributed by atoms with Crippen molar-refractivity contribution in [2.45, 2.75) is 19.4 Å². The Hall–Kier alpha value is -1.83. The van der Waals surface area contributed by atoms with Crippen molar-refractivity contribution in [1.29, 1.82) is 0 Å². The third kappa shape index (κ3) is 4.59. The lowest BCUT2D eigenvalue weighted by atomic mass is 10.0. The number of ether oxygens (including phenoxy) is 2. The van der Waals surface area contributed by atoms with Gasteiger partial charge in [0.05, 0.1) is 5.56 Å². The Morgan fingerprint density at radius 2 is 1.92 bits per heavy atom. The van der Waals surface area contributed by atoms with Crippen LogP contribution >= 0.6 is 15.9 Å². The van der Waals surface area contributed by atoms with Crippen LogP contribution in [0.1, 0.15) is 24.0 Å². The van der Waals surface area contributed by atoms with Crippen LogP contribution in [0.15, 0.2) is 46.9 Å². The van der Waals surface area contributed by atoms with E-state index in [-0.39, 0.29) is 5.82 Å². The van der Waals surface area contributed by atoms with Gasteiger partial charge in [0.15, 0.2) is 0 Å². The highest BCUT2D eigenvalue weighted by molar-refractivity contribution is 9.10. The van der Waals surface area contributed by atoms with Gasteiger partial charge in [0.2, 0.25) is 0 Å². The van der Waals surface area contributed by atoms with Crippen LogP contribution < -0.4 is 4.74 Å². The number of halogens is 2. The Bertz CT molecular complexity index is 743. The van der Waals surface area contributed by atoms with E-state index in [9.17, 15) is 4.39 Å². The van der Waals surface area contributed by atoms with Crippen molar-refractivity contribution in [2.75, 3.05) is 13.2 Å². The molecule has 1 aliphatic rings. The number of rotatable bonds is 3. The maximum Gasteiger partial charge on any atom is 0.139 e. The van der Waals surface area contributed by atoms with E-state index >= 15 is 0 Å². The molecule has 0 aliphatic carbocycles. The molecule has 0 atom stereocenters. The largest absolute Gasteiger partial charge is 0.487 e. The van der Waals surface area contributed by atoms with Gasteiger partial charge < -0.3 is 9.47 Å². The van der Waals surface area contributed by atoms with E-state index in [0.29, 0.717) is 28.3 Å². The topological polar surface area (TPSA) is 18.5 Å². The van der Waals surface area contributed by atoms with Gasteiger partial charge in [-0.3, -0.25) is 0 Å². The first-order chi connectivity index (χ1) is 11.7. The van der Waals surface area contributed by atoms with Crippen molar-refractivity contribution >= 4 is 15.9 Å². The average Bonchev–Trinajstić information content (AvgIpc) is 2.61. The third-order valence-electron chi connectivity index (χ3n) is 3.88. The molecule has 0 spiro atoms. The Morgan fingerprint density at radius 3 is 2.67 bits per heavy atom. The van der Waals surface area contributed by atoms with Gasteiger partial charge in [-0.25, -0.2) is 4.39 Å². The Balaban J connectivity index is 1.81. The Kier molecular flexibility index (Phi) is 5.90. The lowest BCUT2D eigenvalue weighted by molar-refractivity contribution is 0.0807. The molecule has 0 radical (unpaired) electrons. The lowest BCUT2D eigenvalue weighted by Gasteiger charge is -2.16. The SMILES string of the molecule is Fc1cc(Br)c(C#CC2CCOCC2)c(OCc2ccccc2)c1. The maximum atomic E-state index is 13.8. The summed E-state index contributed by atoms with van der Waals surface area (Å²) in [6, 6.07) is 12.6. The molecule has 2 aromatic carbocycles. The molecular formula is C20H18BrFO2. The number of hydrogen-bond acceptors (Lipinski definition) is 2. The van der Waals surface area contributed by atoms with Gasteiger partial charge in [-0.05, 0) is 40.4 Å². The number of hydrogen-bond donors (Lipinski definition) is 0. The summed E-state index contributed by atoms with van der Waals surface area (Å²) in [6.07, 6.45) is 1.87. The van der Waals surface area contributed by atoms with Crippen molar-refractivity contribution in [3.63, 3.8) is 0 Å². The van der Waals surface area contributed by atoms with E-state index < -0.39 is 0 Å². The first-order valence-corrected chi connectivity index (χ1v) is 8.77. The lowest BCUT2D eigenvalue weighted by Crippen LogP contribution is -2.13. The molecule has 2 aromatic rings. The summed E-state index contributed by atoms with van der Waals surface area (Å²) < 4.78 is 25.5. The zero-order valence-electron chi connectivity index (χ0n) is 13.2. The van der Waals surface area contributed by atoms with Gasteiger partial charge in [0, 0.05) is 29.7 Å². The summed E-state index contributed by atoms with van der Waals surface area (Å²) in [4.78, 5) is 0. The molecule has 0 N–H and O–H groups in total. The molecule has 1 saturated heterocycles. The predicted molar refractivity (Wildman–Crippen MR) is 95.3 cm³/mol. The van der Waals surface area contributed by atoms with E-state index in [4.69, 9.17) is 9.47 Å². The van der Waals surface area contributed by atoms with Crippen molar-refractivity contribution in [3.8, 4) is 17.6 Å². The fourth-order valence-electron chi connectivity index (χ4n) is 2.54. The van der Waals surface area contributed by atoms with E-state index in [0.717, 1.165) is 31.6 Å². The second kappa shape index (κ2) is 8.32. The summed E-state index contributed by atoms with van der Waals surface area (Å²) in [5.74, 6) is 6.88. The van der Waals surface area contributed by atoms with Gasteiger partial charge >= 0.3 is 0 Å². The highest BCUT2D eigenvalue weighted by Crippen LogP contribution is 2.29. The quantitative estimate of drug-likeness (QED) is 0.692. The van der Waals surface area contributed by atoms with Crippen LogP contribution in [0.5, 0.6) is 5.75 Å². The molecule has 0 aromatic heterocycles. The molecule has 1 heterocycles. The first-order valence-electron chi connectivity index (χ1n) is 7.97. The molecule has 124 valence electrons. The Labute approximate surface area is 150 Å². The summed E-state index contributed by atoms with van der Waals surface area (Å²) in [5, 5.41) is 0. The second-order valence-corrected chi connectivity index (χ2v) is 6.55. The molecule has 0 unspecified atom stereocenters. The van der Waals surface area contributed by atoms with Crippen LogP contribution in [-0.4, -0.2) is 13.2 Å². The highest BCUT2D eigenvalue weighted by Gasteiger charge is 2.13. The van der Waals surface area contributed by atoms with Crippen LogP contribution in [-0.2, 0) is 11.3 Å². The monoisotopic (exact) mass is 388 g/mol. The Morgan fingerprint density at radius 1 is 1.17 bits per heavy atom. The minimum Gasteiger partial charge on any atom is -0.487 e. The van der Waals surface area contributed by atoms with E-state index in [1.54, 1.807) is 0 Å². The fourth-order valence-corrected chi connectivity index (χ4v) is 3.05. The zero-order valence-corrected chi connectivity index (χ0v) is 14.8. The van der Waals surface area contributed by atoms with Gasteiger partial charge in [-0.2, -0.15) is 0 Å². The van der Waals surface area contributed by atoms with Crippen LogP contribution in [0.4, 0.5) is 4.39 Å². The van der Waals surface area contributed by atoms with E-state index in [2.05, 4.69) is 27.8 Å². The van der Waals surface area contributed by atoms with Crippen molar-refractivity contribution in [2.24, 2.45) is 5.92 Å². The molecular weight excluding hydrogens is 371 g/mol. The average molecular weight is 389 g/mol. The summed E-state index contributed by atoms with van der Waals surface area (Å²) in [7, 11) is 0. The molecule has 2 nitrogen and oxygen atoms in total. The van der Waals surface area contributed by atoms with Crippen LogP contribution in [0.25, 0.3) is 0 Å². The van der Waals surface area contributed by atoms with Gasteiger partial charge in [-0.15, -0.1) is 0 Å². The zero-order chi connectivity index (χ0) is 16.8. The van der Waals surface area contributed by atoms with Gasteiger partial charge in [0.25, 0.3) is 0 Å². The van der Waals surface area contributed by atoms with Crippen molar-refractivity contribution in [3.05, 3.63) is 63.9 Å². The van der Waals surface area contributed by atoms with Crippen LogP contribution in [0, 0.1) is 23.6 Å². The van der Waals surface area contributed by atoms with Crippen LogP contribution in [0.3, 0.4) is 0 Å². The van der Waals surface area contributed by atoms with Gasteiger partial charge in [-0.1, -0.05) is 42.2 Å². The molecule has 1 fully saturated rings. The van der Waals surface area contributed by atoms with Crippen molar-refractivity contribution in [1.82, 2.24) is 0 Å². The number of benzene rings is 2. The molecule has 24 heavy (non-hydrogen) atoms. The second-order valence-electron chi connectivity index (χ2n) is 5.69. The molecule has 1 aliphatic heterocycles. The molecule has 0 bridgehead atoms. The fraction of sp³-hybridized carbons (Fsp3) is 0.300. The normalized spacial score (nSPS) is 14.8. The highest BCUT2D eigenvalue weighted by atomic mass is 79.9.